The largest absolute Gasteiger partial charge is 0.493 e. The van der Waals surface area contributed by atoms with E-state index in [1.807, 2.05) is 24.3 Å². The first-order chi connectivity index (χ1) is 14.1. The lowest BCUT2D eigenvalue weighted by Gasteiger charge is -2.53. The summed E-state index contributed by atoms with van der Waals surface area (Å²) in [6.45, 7) is 1.61. The Labute approximate surface area is 178 Å². The maximum absolute atomic E-state index is 11.5. The van der Waals surface area contributed by atoms with E-state index in [9.17, 15) is 5.11 Å². The highest BCUT2D eigenvalue weighted by molar-refractivity contribution is 6.31. The molecule has 1 heterocycles. The molecule has 0 bridgehead atoms. The van der Waals surface area contributed by atoms with Crippen LogP contribution in [0.3, 0.4) is 0 Å². The Bertz CT molecular complexity index is 858. The lowest BCUT2D eigenvalue weighted by Crippen LogP contribution is -2.54. The molecule has 2 aromatic carbocycles. The minimum absolute atomic E-state index is 0.116. The van der Waals surface area contributed by atoms with Crippen molar-refractivity contribution in [2.75, 3.05) is 20.8 Å². The molecule has 1 saturated heterocycles. The molecule has 0 aromatic heterocycles. The summed E-state index contributed by atoms with van der Waals surface area (Å²) in [4.78, 5) is 2.48. The fourth-order valence-corrected chi connectivity index (χ4v) is 5.44. The number of benzene rings is 2. The van der Waals surface area contributed by atoms with Crippen LogP contribution in [-0.4, -0.2) is 36.4 Å². The fourth-order valence-electron chi connectivity index (χ4n) is 5.25. The number of halogens is 1. The van der Waals surface area contributed by atoms with Gasteiger partial charge in [0.05, 0.1) is 19.8 Å². The summed E-state index contributed by atoms with van der Waals surface area (Å²) in [6, 6.07) is 14.3. The highest BCUT2D eigenvalue weighted by Crippen LogP contribution is 2.50. The number of methoxy groups -OCH3 is 2. The topological polar surface area (TPSA) is 41.9 Å². The summed E-state index contributed by atoms with van der Waals surface area (Å²) in [5.74, 6) is 1.65. The first-order valence-electron chi connectivity index (χ1n) is 10.5. The second kappa shape index (κ2) is 8.55. The Balaban J connectivity index is 1.73. The lowest BCUT2D eigenvalue weighted by molar-refractivity contribution is -0.126. The second-order valence-electron chi connectivity index (χ2n) is 8.33. The van der Waals surface area contributed by atoms with Gasteiger partial charge in [-0.15, -0.1) is 0 Å². The van der Waals surface area contributed by atoms with E-state index in [1.54, 1.807) is 14.2 Å². The average Bonchev–Trinajstić information content (AvgIpc) is 2.74. The summed E-state index contributed by atoms with van der Waals surface area (Å²) < 4.78 is 11.0. The van der Waals surface area contributed by atoms with E-state index in [4.69, 9.17) is 21.1 Å². The van der Waals surface area contributed by atoms with Crippen molar-refractivity contribution in [1.82, 2.24) is 4.90 Å². The molecule has 4 nitrogen and oxygen atoms in total. The molecule has 1 saturated carbocycles. The van der Waals surface area contributed by atoms with Gasteiger partial charge in [0, 0.05) is 30.1 Å². The van der Waals surface area contributed by atoms with Gasteiger partial charge in [0.15, 0.2) is 11.5 Å². The first kappa shape index (κ1) is 20.5. The third-order valence-corrected chi connectivity index (χ3v) is 7.12. The quantitative estimate of drug-likeness (QED) is 0.726. The molecule has 0 radical (unpaired) electrons. The van der Waals surface area contributed by atoms with Crippen molar-refractivity contribution in [3.8, 4) is 11.5 Å². The molecular weight excluding hydrogens is 386 g/mol. The Morgan fingerprint density at radius 1 is 1.07 bits per heavy atom. The number of ether oxygens (including phenoxy) is 2. The van der Waals surface area contributed by atoms with Crippen LogP contribution in [0.25, 0.3) is 0 Å². The number of fused-ring (bicyclic) bond motifs is 1. The molecule has 0 unspecified atom stereocenters. The van der Waals surface area contributed by atoms with E-state index in [0.29, 0.717) is 0 Å². The summed E-state index contributed by atoms with van der Waals surface area (Å²) in [5, 5.41) is 12.3. The van der Waals surface area contributed by atoms with Crippen molar-refractivity contribution in [2.24, 2.45) is 5.92 Å². The van der Waals surface area contributed by atoms with Crippen molar-refractivity contribution in [3.63, 3.8) is 0 Å². The molecule has 5 heteroatoms. The van der Waals surface area contributed by atoms with Gasteiger partial charge in [-0.05, 0) is 48.6 Å². The number of hydrogen-bond donors (Lipinski definition) is 1. The van der Waals surface area contributed by atoms with Gasteiger partial charge in [0.2, 0.25) is 0 Å². The van der Waals surface area contributed by atoms with Crippen LogP contribution >= 0.6 is 11.6 Å². The van der Waals surface area contributed by atoms with Crippen molar-refractivity contribution >= 4 is 11.6 Å². The van der Waals surface area contributed by atoms with E-state index in [1.165, 1.54) is 5.56 Å². The molecule has 2 aliphatic rings. The van der Waals surface area contributed by atoms with Crippen LogP contribution in [0.4, 0.5) is 0 Å². The van der Waals surface area contributed by atoms with Gasteiger partial charge in [-0.1, -0.05) is 48.7 Å². The smallest absolute Gasteiger partial charge is 0.161 e. The Hall–Kier alpha value is -1.75. The molecular formula is C24H30ClNO3. The maximum Gasteiger partial charge on any atom is 0.161 e. The van der Waals surface area contributed by atoms with E-state index in [-0.39, 0.29) is 12.0 Å². The standard InChI is InChI=1S/C24H30ClNO3/c1-28-21-11-10-17(15-22(21)29-2)23-19-8-5-6-12-24(19,27)13-14-26(23)16-18-7-3-4-9-20(18)25/h3-4,7,9-11,15,19,23,27H,5-6,8,12-14,16H2,1-2H3/t19-,23+,24+/m1/s1. The molecule has 29 heavy (non-hydrogen) atoms. The van der Waals surface area contributed by atoms with Crippen molar-refractivity contribution in [1.29, 1.82) is 0 Å². The molecule has 2 aromatic rings. The van der Waals surface area contributed by atoms with E-state index in [2.05, 4.69) is 23.1 Å². The van der Waals surface area contributed by atoms with Crippen molar-refractivity contribution < 1.29 is 14.6 Å². The molecule has 0 spiro atoms. The van der Waals surface area contributed by atoms with Crippen molar-refractivity contribution in [2.45, 2.75) is 50.3 Å². The molecule has 4 rings (SSSR count). The number of likely N-dealkylation sites (tertiary alicyclic amines) is 1. The second-order valence-corrected chi connectivity index (χ2v) is 8.73. The zero-order valence-electron chi connectivity index (χ0n) is 17.2. The molecule has 3 atom stereocenters. The third kappa shape index (κ3) is 3.98. The van der Waals surface area contributed by atoms with Crippen molar-refractivity contribution in [3.05, 3.63) is 58.6 Å². The van der Waals surface area contributed by atoms with Gasteiger partial charge in [-0.25, -0.2) is 0 Å². The Kier molecular flexibility index (Phi) is 6.05. The average molecular weight is 416 g/mol. The summed E-state index contributed by atoms with van der Waals surface area (Å²) in [6.07, 6.45) is 5.01. The normalized spacial score (nSPS) is 27.3. The highest BCUT2D eigenvalue weighted by Gasteiger charge is 2.49. The SMILES string of the molecule is COc1ccc([C@H]2[C@H]3CCCC[C@]3(O)CCN2Cc2ccccc2Cl)cc1OC. The molecule has 1 N–H and O–H groups in total. The molecule has 0 amide bonds. The molecule has 1 aliphatic carbocycles. The van der Waals surface area contributed by atoms with Crippen LogP contribution in [0.5, 0.6) is 11.5 Å². The third-order valence-electron chi connectivity index (χ3n) is 6.75. The number of hydrogen-bond acceptors (Lipinski definition) is 4. The van der Waals surface area contributed by atoms with Crippen LogP contribution < -0.4 is 9.47 Å². The van der Waals surface area contributed by atoms with Crippen LogP contribution in [-0.2, 0) is 6.54 Å². The monoisotopic (exact) mass is 415 g/mol. The zero-order valence-corrected chi connectivity index (χ0v) is 18.0. The minimum atomic E-state index is -0.590. The predicted octanol–water partition coefficient (Wildman–Crippen LogP) is 5.23. The molecule has 2 fully saturated rings. The summed E-state index contributed by atoms with van der Waals surface area (Å²) >= 11 is 6.48. The summed E-state index contributed by atoms with van der Waals surface area (Å²) in [5.41, 5.74) is 1.70. The van der Waals surface area contributed by atoms with Crippen LogP contribution in [0.2, 0.25) is 5.02 Å². The highest BCUT2D eigenvalue weighted by atomic mass is 35.5. The Morgan fingerprint density at radius 3 is 2.62 bits per heavy atom. The Morgan fingerprint density at radius 2 is 1.86 bits per heavy atom. The number of aliphatic hydroxyl groups is 1. The molecule has 1 aliphatic heterocycles. The summed E-state index contributed by atoms with van der Waals surface area (Å²) in [7, 11) is 3.32. The first-order valence-corrected chi connectivity index (χ1v) is 10.9. The van der Waals surface area contributed by atoms with Crippen LogP contribution in [0.15, 0.2) is 42.5 Å². The molecule has 156 valence electrons. The number of piperidine rings is 1. The number of nitrogens with zero attached hydrogens (tertiary/aromatic N) is 1. The fraction of sp³-hybridized carbons (Fsp3) is 0.500. The lowest BCUT2D eigenvalue weighted by atomic mass is 9.66. The number of rotatable bonds is 5. The van der Waals surface area contributed by atoms with Crippen LogP contribution in [0, 0.1) is 5.92 Å². The zero-order chi connectivity index (χ0) is 20.4. The minimum Gasteiger partial charge on any atom is -0.493 e. The maximum atomic E-state index is 11.5. The van der Waals surface area contributed by atoms with Gasteiger partial charge < -0.3 is 14.6 Å². The van der Waals surface area contributed by atoms with Gasteiger partial charge in [-0.2, -0.15) is 0 Å². The van der Waals surface area contributed by atoms with Crippen LogP contribution in [0.1, 0.15) is 49.3 Å². The van der Waals surface area contributed by atoms with E-state index >= 15 is 0 Å². The van der Waals surface area contributed by atoms with Gasteiger partial charge in [-0.3, -0.25) is 4.90 Å². The van der Waals surface area contributed by atoms with Gasteiger partial charge in [0.25, 0.3) is 0 Å². The van der Waals surface area contributed by atoms with E-state index in [0.717, 1.165) is 67.3 Å². The van der Waals surface area contributed by atoms with Gasteiger partial charge in [0.1, 0.15) is 0 Å². The van der Waals surface area contributed by atoms with Gasteiger partial charge >= 0.3 is 0 Å². The van der Waals surface area contributed by atoms with E-state index < -0.39 is 5.60 Å². The predicted molar refractivity (Wildman–Crippen MR) is 116 cm³/mol.